The summed E-state index contributed by atoms with van der Waals surface area (Å²) in [5, 5.41) is 0. The molecule has 0 radical (unpaired) electrons. The average molecular weight is 257 g/mol. The molecule has 1 aromatic carbocycles. The van der Waals surface area contributed by atoms with Gasteiger partial charge >= 0.3 is 0 Å². The molecule has 1 aromatic rings. The van der Waals surface area contributed by atoms with Gasteiger partial charge in [-0.2, -0.15) is 0 Å². The van der Waals surface area contributed by atoms with Crippen LogP contribution >= 0.6 is 0 Å². The standard InChI is InChI=1S/C17H23NO/c1-2-10-18(16-8-9-16)12-17(19)15-7-6-13-4-3-5-14(13)11-15/h6-7,11,16H,2-5,8-10,12H2,1H3. The summed E-state index contributed by atoms with van der Waals surface area (Å²) < 4.78 is 0. The van der Waals surface area contributed by atoms with Crippen LogP contribution in [-0.4, -0.2) is 29.8 Å². The predicted octanol–water partition coefficient (Wildman–Crippen LogP) is 3.23. The number of rotatable bonds is 6. The minimum Gasteiger partial charge on any atom is -0.293 e. The molecule has 0 unspecified atom stereocenters. The molecule has 0 aromatic heterocycles. The minimum absolute atomic E-state index is 0.301. The number of hydrogen-bond acceptors (Lipinski definition) is 2. The molecule has 0 bridgehead atoms. The second-order valence-electron chi connectivity index (χ2n) is 5.96. The Bertz CT molecular complexity index is 476. The van der Waals surface area contributed by atoms with Crippen molar-refractivity contribution in [1.82, 2.24) is 4.90 Å². The van der Waals surface area contributed by atoms with Gasteiger partial charge in [0.25, 0.3) is 0 Å². The molecule has 3 rings (SSSR count). The van der Waals surface area contributed by atoms with Gasteiger partial charge in [0, 0.05) is 11.6 Å². The van der Waals surface area contributed by atoms with Gasteiger partial charge in [-0.25, -0.2) is 0 Å². The molecule has 0 atom stereocenters. The van der Waals surface area contributed by atoms with E-state index >= 15 is 0 Å². The van der Waals surface area contributed by atoms with Crippen molar-refractivity contribution in [3.05, 3.63) is 34.9 Å². The lowest BCUT2D eigenvalue weighted by Crippen LogP contribution is -2.32. The number of hydrogen-bond donors (Lipinski definition) is 0. The Morgan fingerprint density at radius 1 is 1.26 bits per heavy atom. The van der Waals surface area contributed by atoms with Gasteiger partial charge in [0.15, 0.2) is 5.78 Å². The van der Waals surface area contributed by atoms with Crippen LogP contribution in [-0.2, 0) is 12.8 Å². The number of Topliss-reactive ketones (excluding diaryl/α,β-unsaturated/α-hetero) is 1. The SMILES string of the molecule is CCCN(CC(=O)c1ccc2c(c1)CCC2)C1CC1. The molecule has 2 heteroatoms. The number of benzene rings is 1. The third kappa shape index (κ3) is 2.89. The molecule has 102 valence electrons. The average Bonchev–Trinajstić information content (AvgIpc) is 3.15. The van der Waals surface area contributed by atoms with Gasteiger partial charge in [0.05, 0.1) is 6.54 Å². The van der Waals surface area contributed by atoms with Crippen molar-refractivity contribution in [2.75, 3.05) is 13.1 Å². The predicted molar refractivity (Wildman–Crippen MR) is 77.7 cm³/mol. The normalized spacial score (nSPS) is 17.8. The Kier molecular flexibility index (Phi) is 3.69. The number of ketones is 1. The van der Waals surface area contributed by atoms with Gasteiger partial charge in [-0.05, 0) is 62.3 Å². The monoisotopic (exact) mass is 257 g/mol. The van der Waals surface area contributed by atoms with E-state index in [9.17, 15) is 4.79 Å². The first-order valence-corrected chi connectivity index (χ1v) is 7.67. The summed E-state index contributed by atoms with van der Waals surface area (Å²) in [4.78, 5) is 14.8. The molecule has 1 fully saturated rings. The van der Waals surface area contributed by atoms with E-state index in [1.54, 1.807) is 0 Å². The summed E-state index contributed by atoms with van der Waals surface area (Å²) in [5.74, 6) is 0.301. The Balaban J connectivity index is 1.69. The molecule has 0 spiro atoms. The highest BCUT2D eigenvalue weighted by atomic mass is 16.1. The van der Waals surface area contributed by atoms with Crippen LogP contribution < -0.4 is 0 Å². The maximum absolute atomic E-state index is 12.4. The van der Waals surface area contributed by atoms with E-state index in [4.69, 9.17) is 0 Å². The molecule has 19 heavy (non-hydrogen) atoms. The zero-order valence-electron chi connectivity index (χ0n) is 11.8. The summed E-state index contributed by atoms with van der Waals surface area (Å²) in [6.45, 7) is 3.86. The van der Waals surface area contributed by atoms with Crippen molar-refractivity contribution in [3.8, 4) is 0 Å². The number of carbonyl (C=O) groups excluding carboxylic acids is 1. The number of carbonyl (C=O) groups is 1. The third-order valence-corrected chi connectivity index (χ3v) is 4.34. The largest absolute Gasteiger partial charge is 0.293 e. The van der Waals surface area contributed by atoms with E-state index in [1.807, 2.05) is 6.07 Å². The fourth-order valence-corrected chi connectivity index (χ4v) is 3.14. The fraction of sp³-hybridized carbons (Fsp3) is 0.588. The minimum atomic E-state index is 0.301. The van der Waals surface area contributed by atoms with Crippen molar-refractivity contribution in [2.24, 2.45) is 0 Å². The van der Waals surface area contributed by atoms with Gasteiger partial charge < -0.3 is 0 Å². The Morgan fingerprint density at radius 2 is 2.05 bits per heavy atom. The highest BCUT2D eigenvalue weighted by molar-refractivity contribution is 5.98. The van der Waals surface area contributed by atoms with Crippen LogP contribution in [0.5, 0.6) is 0 Å². The van der Waals surface area contributed by atoms with Crippen molar-refractivity contribution in [3.63, 3.8) is 0 Å². The number of aryl methyl sites for hydroxylation is 2. The summed E-state index contributed by atoms with van der Waals surface area (Å²) >= 11 is 0. The highest BCUT2D eigenvalue weighted by Crippen LogP contribution is 2.27. The van der Waals surface area contributed by atoms with Crippen molar-refractivity contribution >= 4 is 5.78 Å². The van der Waals surface area contributed by atoms with Crippen LogP contribution in [0.4, 0.5) is 0 Å². The van der Waals surface area contributed by atoms with Gasteiger partial charge in [-0.3, -0.25) is 9.69 Å². The first kappa shape index (κ1) is 12.9. The van der Waals surface area contributed by atoms with Gasteiger partial charge in [0.2, 0.25) is 0 Å². The molecule has 0 amide bonds. The second-order valence-corrected chi connectivity index (χ2v) is 5.96. The van der Waals surface area contributed by atoms with Crippen LogP contribution in [0.15, 0.2) is 18.2 Å². The van der Waals surface area contributed by atoms with Crippen molar-refractivity contribution < 1.29 is 4.79 Å². The first-order valence-electron chi connectivity index (χ1n) is 7.67. The molecular formula is C17H23NO. The molecule has 0 heterocycles. The Morgan fingerprint density at radius 3 is 2.79 bits per heavy atom. The smallest absolute Gasteiger partial charge is 0.176 e. The summed E-state index contributed by atoms with van der Waals surface area (Å²) in [6, 6.07) is 7.01. The van der Waals surface area contributed by atoms with Crippen molar-refractivity contribution in [2.45, 2.75) is 51.5 Å². The molecule has 0 saturated heterocycles. The van der Waals surface area contributed by atoms with E-state index in [0.717, 1.165) is 24.9 Å². The second kappa shape index (κ2) is 5.46. The van der Waals surface area contributed by atoms with Crippen LogP contribution in [0.25, 0.3) is 0 Å². The van der Waals surface area contributed by atoms with Gasteiger partial charge in [-0.1, -0.05) is 19.1 Å². The molecule has 2 nitrogen and oxygen atoms in total. The maximum atomic E-state index is 12.4. The first-order chi connectivity index (χ1) is 9.28. The molecule has 2 aliphatic rings. The van der Waals surface area contributed by atoms with Crippen LogP contribution in [0.2, 0.25) is 0 Å². The van der Waals surface area contributed by atoms with Crippen LogP contribution in [0.3, 0.4) is 0 Å². The Labute approximate surface area is 115 Å². The Hall–Kier alpha value is -1.15. The lowest BCUT2D eigenvalue weighted by molar-refractivity contribution is 0.0924. The zero-order chi connectivity index (χ0) is 13.2. The number of nitrogens with zero attached hydrogens (tertiary/aromatic N) is 1. The zero-order valence-corrected chi connectivity index (χ0v) is 11.8. The molecule has 2 aliphatic carbocycles. The van der Waals surface area contributed by atoms with Gasteiger partial charge in [-0.15, -0.1) is 0 Å². The maximum Gasteiger partial charge on any atom is 0.176 e. The fourth-order valence-electron chi connectivity index (χ4n) is 3.14. The van der Waals surface area contributed by atoms with Gasteiger partial charge in [0.1, 0.15) is 0 Å². The summed E-state index contributed by atoms with van der Waals surface area (Å²) in [7, 11) is 0. The summed E-state index contributed by atoms with van der Waals surface area (Å²) in [5.41, 5.74) is 3.77. The lowest BCUT2D eigenvalue weighted by Gasteiger charge is -2.20. The number of fused-ring (bicyclic) bond motifs is 1. The van der Waals surface area contributed by atoms with E-state index in [1.165, 1.54) is 36.8 Å². The molecule has 0 N–H and O–H groups in total. The lowest BCUT2D eigenvalue weighted by atomic mass is 10.0. The van der Waals surface area contributed by atoms with E-state index in [-0.39, 0.29) is 0 Å². The van der Waals surface area contributed by atoms with E-state index in [0.29, 0.717) is 18.4 Å². The summed E-state index contributed by atoms with van der Waals surface area (Å²) in [6.07, 6.45) is 7.27. The molecule has 0 aliphatic heterocycles. The quantitative estimate of drug-likeness (QED) is 0.729. The molecular weight excluding hydrogens is 234 g/mol. The van der Waals surface area contributed by atoms with E-state index in [2.05, 4.69) is 24.0 Å². The van der Waals surface area contributed by atoms with E-state index < -0.39 is 0 Å². The topological polar surface area (TPSA) is 20.3 Å². The highest BCUT2D eigenvalue weighted by Gasteiger charge is 2.29. The molecule has 1 saturated carbocycles. The van der Waals surface area contributed by atoms with Crippen molar-refractivity contribution in [1.29, 1.82) is 0 Å². The third-order valence-electron chi connectivity index (χ3n) is 4.34. The van der Waals surface area contributed by atoms with Crippen LogP contribution in [0, 0.1) is 0 Å². The van der Waals surface area contributed by atoms with Crippen LogP contribution in [0.1, 0.15) is 54.1 Å².